The number of benzene rings is 1. The Labute approximate surface area is 125 Å². The third-order valence-electron chi connectivity index (χ3n) is 5.21. The van der Waals surface area contributed by atoms with Gasteiger partial charge in [0, 0.05) is 6.54 Å². The zero-order chi connectivity index (χ0) is 14.3. The molecular formula is C16H24BrNO. The number of methoxy groups -OCH3 is 1. The maximum absolute atomic E-state index is 5.24. The van der Waals surface area contributed by atoms with E-state index >= 15 is 0 Å². The maximum atomic E-state index is 5.24. The minimum Gasteiger partial charge on any atom is -0.496 e. The Kier molecular flexibility index (Phi) is 3.99. The molecule has 0 unspecified atom stereocenters. The summed E-state index contributed by atoms with van der Waals surface area (Å²) in [5.41, 5.74) is 2.20. The maximum Gasteiger partial charge on any atom is 0.133 e. The summed E-state index contributed by atoms with van der Waals surface area (Å²) in [6.07, 6.45) is 0. The molecule has 0 radical (unpaired) electrons. The molecule has 2 nitrogen and oxygen atoms in total. The minimum absolute atomic E-state index is 0.459. The van der Waals surface area contributed by atoms with Crippen LogP contribution in [0.2, 0.25) is 0 Å². The summed E-state index contributed by atoms with van der Waals surface area (Å²) in [5.74, 6) is 1.65. The van der Waals surface area contributed by atoms with Crippen molar-refractivity contribution in [1.29, 1.82) is 0 Å². The summed E-state index contributed by atoms with van der Waals surface area (Å²) in [4.78, 5) is 0. The van der Waals surface area contributed by atoms with Crippen LogP contribution in [0, 0.1) is 16.7 Å². The summed E-state index contributed by atoms with van der Waals surface area (Å²) < 4.78 is 6.26. The molecule has 1 aromatic rings. The van der Waals surface area contributed by atoms with E-state index in [2.05, 4.69) is 61.1 Å². The second kappa shape index (κ2) is 5.10. The summed E-state index contributed by atoms with van der Waals surface area (Å²) in [5, 5.41) is 3.58. The normalized spacial score (nSPS) is 20.3. The van der Waals surface area contributed by atoms with Crippen molar-refractivity contribution in [1.82, 2.24) is 5.32 Å². The fourth-order valence-electron chi connectivity index (χ4n) is 3.02. The van der Waals surface area contributed by atoms with Crippen LogP contribution < -0.4 is 10.1 Å². The van der Waals surface area contributed by atoms with E-state index < -0.39 is 0 Å². The van der Waals surface area contributed by atoms with Gasteiger partial charge in [0.05, 0.1) is 11.6 Å². The second-order valence-electron chi connectivity index (χ2n) is 6.60. The van der Waals surface area contributed by atoms with E-state index in [4.69, 9.17) is 4.74 Å². The van der Waals surface area contributed by atoms with Crippen LogP contribution in [0.4, 0.5) is 0 Å². The molecule has 1 fully saturated rings. The Morgan fingerprint density at radius 1 is 1.21 bits per heavy atom. The number of halogens is 1. The molecule has 0 aromatic heterocycles. The van der Waals surface area contributed by atoms with Crippen LogP contribution in [-0.4, -0.2) is 13.7 Å². The van der Waals surface area contributed by atoms with Gasteiger partial charge in [-0.1, -0.05) is 33.8 Å². The highest BCUT2D eigenvalue weighted by atomic mass is 79.9. The first-order valence-corrected chi connectivity index (χ1v) is 7.63. The lowest BCUT2D eigenvalue weighted by Crippen LogP contribution is -2.18. The monoisotopic (exact) mass is 325 g/mol. The molecule has 0 amide bonds. The highest BCUT2D eigenvalue weighted by molar-refractivity contribution is 9.10. The molecule has 2 rings (SSSR count). The highest BCUT2D eigenvalue weighted by Crippen LogP contribution is 2.67. The van der Waals surface area contributed by atoms with Crippen LogP contribution >= 0.6 is 15.9 Å². The van der Waals surface area contributed by atoms with Gasteiger partial charge in [0.25, 0.3) is 0 Å². The van der Waals surface area contributed by atoms with Gasteiger partial charge in [0.1, 0.15) is 5.75 Å². The van der Waals surface area contributed by atoms with Gasteiger partial charge in [-0.05, 0) is 56.9 Å². The molecule has 0 spiro atoms. The fraction of sp³-hybridized carbons (Fsp3) is 0.625. The van der Waals surface area contributed by atoms with Crippen molar-refractivity contribution in [2.45, 2.75) is 34.2 Å². The van der Waals surface area contributed by atoms with E-state index in [1.165, 1.54) is 5.56 Å². The van der Waals surface area contributed by atoms with Crippen molar-refractivity contribution in [3.05, 3.63) is 28.2 Å². The Balaban J connectivity index is 1.86. The van der Waals surface area contributed by atoms with Crippen molar-refractivity contribution >= 4 is 15.9 Å². The number of nitrogens with one attached hydrogen (secondary N) is 1. The molecule has 0 bridgehead atoms. The molecule has 0 heterocycles. The first-order chi connectivity index (χ1) is 8.80. The molecule has 1 aliphatic rings. The van der Waals surface area contributed by atoms with E-state index in [1.54, 1.807) is 7.11 Å². The van der Waals surface area contributed by atoms with Crippen molar-refractivity contribution < 1.29 is 4.74 Å². The standard InChI is InChI=1S/C16H24BrNO/c1-15(2)14(16(15,3)4)10-18-9-11-6-7-13(19-5)12(17)8-11/h6-8,14,18H,9-10H2,1-5H3. The molecule has 1 aromatic carbocycles. The lowest BCUT2D eigenvalue weighted by Gasteiger charge is -2.08. The number of hydrogen-bond acceptors (Lipinski definition) is 2. The number of rotatable bonds is 5. The molecule has 1 saturated carbocycles. The zero-order valence-corrected chi connectivity index (χ0v) is 14.1. The van der Waals surface area contributed by atoms with Crippen LogP contribution in [0.15, 0.2) is 22.7 Å². The van der Waals surface area contributed by atoms with Gasteiger partial charge in [0.2, 0.25) is 0 Å². The van der Waals surface area contributed by atoms with Crippen LogP contribution in [0.5, 0.6) is 5.75 Å². The third kappa shape index (κ3) is 2.68. The van der Waals surface area contributed by atoms with E-state index in [1.807, 2.05) is 6.07 Å². The average Bonchev–Trinajstić information content (AvgIpc) is 2.71. The molecule has 106 valence electrons. The topological polar surface area (TPSA) is 21.3 Å². The lowest BCUT2D eigenvalue weighted by atomic mass is 10.0. The third-order valence-corrected chi connectivity index (χ3v) is 5.83. The van der Waals surface area contributed by atoms with Crippen LogP contribution in [0.25, 0.3) is 0 Å². The van der Waals surface area contributed by atoms with Gasteiger partial charge in [-0.2, -0.15) is 0 Å². The van der Waals surface area contributed by atoms with Crippen molar-refractivity contribution in [2.75, 3.05) is 13.7 Å². The second-order valence-corrected chi connectivity index (χ2v) is 7.45. The van der Waals surface area contributed by atoms with Crippen molar-refractivity contribution in [3.63, 3.8) is 0 Å². The lowest BCUT2D eigenvalue weighted by molar-refractivity contribution is 0.412. The fourth-order valence-corrected chi connectivity index (χ4v) is 3.61. The number of ether oxygens (including phenoxy) is 1. The van der Waals surface area contributed by atoms with Crippen molar-refractivity contribution in [2.24, 2.45) is 16.7 Å². The SMILES string of the molecule is COc1ccc(CNCC2C(C)(C)C2(C)C)cc1Br. The van der Waals surface area contributed by atoms with Gasteiger partial charge >= 0.3 is 0 Å². The summed E-state index contributed by atoms with van der Waals surface area (Å²) in [6.45, 7) is 11.5. The Hall–Kier alpha value is -0.540. The average molecular weight is 326 g/mol. The Morgan fingerprint density at radius 3 is 2.32 bits per heavy atom. The molecule has 0 saturated heterocycles. The van der Waals surface area contributed by atoms with Gasteiger partial charge in [-0.15, -0.1) is 0 Å². The minimum atomic E-state index is 0.459. The highest BCUT2D eigenvalue weighted by Gasteiger charge is 2.63. The van der Waals surface area contributed by atoms with Crippen molar-refractivity contribution in [3.8, 4) is 5.75 Å². The molecule has 0 aliphatic heterocycles. The van der Waals surface area contributed by atoms with E-state index in [0.29, 0.717) is 10.8 Å². The molecule has 1 N–H and O–H groups in total. The van der Waals surface area contributed by atoms with E-state index in [-0.39, 0.29) is 0 Å². The van der Waals surface area contributed by atoms with Gasteiger partial charge in [-0.3, -0.25) is 0 Å². The van der Waals surface area contributed by atoms with Gasteiger partial charge < -0.3 is 10.1 Å². The molecule has 0 atom stereocenters. The molecule has 1 aliphatic carbocycles. The predicted molar refractivity (Wildman–Crippen MR) is 83.5 cm³/mol. The quantitative estimate of drug-likeness (QED) is 0.874. The largest absolute Gasteiger partial charge is 0.496 e. The van der Waals surface area contributed by atoms with Crippen LogP contribution in [0.1, 0.15) is 33.3 Å². The molecular weight excluding hydrogens is 302 g/mol. The first-order valence-electron chi connectivity index (χ1n) is 6.84. The summed E-state index contributed by atoms with van der Waals surface area (Å²) >= 11 is 3.52. The van der Waals surface area contributed by atoms with Crippen LogP contribution in [-0.2, 0) is 6.54 Å². The Bertz CT molecular complexity index is 454. The van der Waals surface area contributed by atoms with Gasteiger partial charge in [-0.25, -0.2) is 0 Å². The first kappa shape index (κ1) is 14.9. The predicted octanol–water partition coefficient (Wildman–Crippen LogP) is 4.23. The van der Waals surface area contributed by atoms with Gasteiger partial charge in [0.15, 0.2) is 0 Å². The van der Waals surface area contributed by atoms with E-state index in [0.717, 1.165) is 29.2 Å². The molecule has 19 heavy (non-hydrogen) atoms. The number of hydrogen-bond donors (Lipinski definition) is 1. The smallest absolute Gasteiger partial charge is 0.133 e. The zero-order valence-electron chi connectivity index (χ0n) is 12.5. The molecule has 3 heteroatoms. The van der Waals surface area contributed by atoms with E-state index in [9.17, 15) is 0 Å². The van der Waals surface area contributed by atoms with Crippen LogP contribution in [0.3, 0.4) is 0 Å². The Morgan fingerprint density at radius 2 is 1.84 bits per heavy atom. The summed E-state index contributed by atoms with van der Waals surface area (Å²) in [7, 11) is 1.69. The summed E-state index contributed by atoms with van der Waals surface area (Å²) in [6, 6.07) is 6.24.